The fourth-order valence-electron chi connectivity index (χ4n) is 5.48. The van der Waals surface area contributed by atoms with Crippen molar-refractivity contribution >= 4 is 21.9 Å². The summed E-state index contributed by atoms with van der Waals surface area (Å²) in [5.74, 6) is 2.91. The highest BCUT2D eigenvalue weighted by Gasteiger charge is 2.29. The van der Waals surface area contributed by atoms with E-state index in [0.717, 1.165) is 59.0 Å². The van der Waals surface area contributed by atoms with Crippen molar-refractivity contribution in [1.29, 1.82) is 0 Å². The minimum atomic E-state index is -0.198. The number of aromatic nitrogens is 5. The monoisotopic (exact) mass is 451 g/mol. The lowest BCUT2D eigenvalue weighted by Crippen LogP contribution is -2.19. The highest BCUT2D eigenvalue weighted by molar-refractivity contribution is 5.82. The van der Waals surface area contributed by atoms with Crippen molar-refractivity contribution in [3.05, 3.63) is 84.3 Å². The second-order valence-corrected chi connectivity index (χ2v) is 9.39. The van der Waals surface area contributed by atoms with E-state index < -0.39 is 0 Å². The summed E-state index contributed by atoms with van der Waals surface area (Å²) < 4.78 is 13.9. The van der Waals surface area contributed by atoms with Gasteiger partial charge in [0.1, 0.15) is 11.6 Å². The molecule has 0 unspecified atom stereocenters. The molecule has 5 nitrogen and oxygen atoms in total. The summed E-state index contributed by atoms with van der Waals surface area (Å²) in [6.07, 6.45) is 9.82. The zero-order chi connectivity index (χ0) is 23.1. The molecule has 1 aliphatic rings. The lowest BCUT2D eigenvalue weighted by molar-refractivity contribution is 0.286. The van der Waals surface area contributed by atoms with E-state index in [1.54, 1.807) is 24.5 Å². The topological polar surface area (TPSA) is 67.3 Å². The van der Waals surface area contributed by atoms with E-state index in [4.69, 9.17) is 4.98 Å². The SMILES string of the molecule is C[C@@H](c1nc2cc(-c3ncccn3)ccc2[nH]1)C1CCC(c2ccnc3ccc(F)cc23)CC1. The maximum atomic E-state index is 13.9. The van der Waals surface area contributed by atoms with Gasteiger partial charge in [0.05, 0.1) is 16.6 Å². The Hall–Kier alpha value is -3.67. The van der Waals surface area contributed by atoms with Crippen LogP contribution in [0.1, 0.15) is 55.8 Å². The van der Waals surface area contributed by atoms with Gasteiger partial charge in [0.15, 0.2) is 5.82 Å². The number of halogens is 1. The molecule has 34 heavy (non-hydrogen) atoms. The second kappa shape index (κ2) is 8.60. The Morgan fingerprint density at radius 2 is 1.71 bits per heavy atom. The van der Waals surface area contributed by atoms with Gasteiger partial charge in [0, 0.05) is 35.5 Å². The summed E-state index contributed by atoms with van der Waals surface area (Å²) in [6.45, 7) is 2.28. The van der Waals surface area contributed by atoms with Crippen LogP contribution in [0.2, 0.25) is 0 Å². The van der Waals surface area contributed by atoms with E-state index in [1.807, 2.05) is 18.3 Å². The van der Waals surface area contributed by atoms with Crippen LogP contribution in [-0.4, -0.2) is 24.9 Å². The predicted octanol–water partition coefficient (Wildman–Crippen LogP) is 6.78. The number of benzene rings is 2. The maximum absolute atomic E-state index is 13.9. The number of nitrogens with zero attached hydrogens (tertiary/aromatic N) is 4. The van der Waals surface area contributed by atoms with Crippen LogP contribution in [0.5, 0.6) is 0 Å². The number of rotatable bonds is 4. The Balaban J connectivity index is 1.19. The van der Waals surface area contributed by atoms with Crippen molar-refractivity contribution in [2.75, 3.05) is 0 Å². The van der Waals surface area contributed by atoms with Crippen molar-refractivity contribution in [1.82, 2.24) is 24.9 Å². The first-order valence-electron chi connectivity index (χ1n) is 12.0. The average molecular weight is 452 g/mol. The van der Waals surface area contributed by atoms with E-state index in [-0.39, 0.29) is 5.82 Å². The Labute approximate surface area is 197 Å². The lowest BCUT2D eigenvalue weighted by Gasteiger charge is -2.32. The molecule has 1 fully saturated rings. The van der Waals surface area contributed by atoms with E-state index in [9.17, 15) is 4.39 Å². The zero-order valence-electron chi connectivity index (χ0n) is 19.1. The summed E-state index contributed by atoms with van der Waals surface area (Å²) in [6, 6.07) is 15.0. The van der Waals surface area contributed by atoms with Crippen molar-refractivity contribution in [3.8, 4) is 11.4 Å². The summed E-state index contributed by atoms with van der Waals surface area (Å²) in [5.41, 5.74) is 5.07. The van der Waals surface area contributed by atoms with Crippen LogP contribution in [-0.2, 0) is 0 Å². The number of pyridine rings is 1. The van der Waals surface area contributed by atoms with Gasteiger partial charge in [-0.15, -0.1) is 0 Å². The second-order valence-electron chi connectivity index (χ2n) is 9.39. The third-order valence-electron chi connectivity index (χ3n) is 7.41. The van der Waals surface area contributed by atoms with Crippen LogP contribution in [0.25, 0.3) is 33.3 Å². The first-order valence-corrected chi connectivity index (χ1v) is 12.0. The van der Waals surface area contributed by atoms with Gasteiger partial charge in [0.25, 0.3) is 0 Å². The molecule has 0 aliphatic heterocycles. The summed E-state index contributed by atoms with van der Waals surface area (Å²) >= 11 is 0. The molecule has 6 heteroatoms. The van der Waals surface area contributed by atoms with Crippen molar-refractivity contribution in [2.24, 2.45) is 5.92 Å². The normalized spacial score (nSPS) is 19.5. The molecular formula is C28H26FN5. The molecule has 3 aromatic heterocycles. The number of nitrogens with one attached hydrogen (secondary N) is 1. The van der Waals surface area contributed by atoms with Gasteiger partial charge in [-0.25, -0.2) is 19.3 Å². The van der Waals surface area contributed by atoms with Crippen LogP contribution in [0, 0.1) is 11.7 Å². The molecule has 1 saturated carbocycles. The number of fused-ring (bicyclic) bond motifs is 2. The quantitative estimate of drug-likeness (QED) is 0.327. The van der Waals surface area contributed by atoms with E-state index in [1.165, 1.54) is 11.6 Å². The first kappa shape index (κ1) is 20.9. The van der Waals surface area contributed by atoms with Gasteiger partial charge in [0.2, 0.25) is 0 Å². The fourth-order valence-corrected chi connectivity index (χ4v) is 5.48. The molecule has 1 aliphatic carbocycles. The number of hydrogen-bond acceptors (Lipinski definition) is 4. The smallest absolute Gasteiger partial charge is 0.159 e. The molecule has 0 bridgehead atoms. The van der Waals surface area contributed by atoms with Crippen LogP contribution in [0.15, 0.2) is 67.1 Å². The van der Waals surface area contributed by atoms with E-state index in [2.05, 4.69) is 45.1 Å². The molecule has 0 radical (unpaired) electrons. The van der Waals surface area contributed by atoms with Crippen LogP contribution >= 0.6 is 0 Å². The van der Waals surface area contributed by atoms with E-state index in [0.29, 0.717) is 23.6 Å². The summed E-state index contributed by atoms with van der Waals surface area (Å²) in [7, 11) is 0. The molecule has 170 valence electrons. The minimum absolute atomic E-state index is 0.198. The Kier molecular flexibility index (Phi) is 5.28. The third kappa shape index (κ3) is 3.83. The van der Waals surface area contributed by atoms with Gasteiger partial charge in [-0.2, -0.15) is 0 Å². The Morgan fingerprint density at radius 1 is 0.882 bits per heavy atom. The molecule has 0 saturated heterocycles. The van der Waals surface area contributed by atoms with Gasteiger partial charge in [-0.05, 0) is 91.6 Å². The summed E-state index contributed by atoms with van der Waals surface area (Å²) in [4.78, 5) is 21.6. The minimum Gasteiger partial charge on any atom is -0.342 e. The largest absolute Gasteiger partial charge is 0.342 e. The molecule has 0 spiro atoms. The number of aromatic amines is 1. The molecule has 2 aromatic carbocycles. The number of H-pyrrole nitrogens is 1. The van der Waals surface area contributed by atoms with Gasteiger partial charge >= 0.3 is 0 Å². The van der Waals surface area contributed by atoms with Gasteiger partial charge in [-0.1, -0.05) is 6.92 Å². The van der Waals surface area contributed by atoms with E-state index >= 15 is 0 Å². The third-order valence-corrected chi connectivity index (χ3v) is 7.41. The molecule has 1 atom stereocenters. The Morgan fingerprint density at radius 3 is 2.53 bits per heavy atom. The first-order chi connectivity index (χ1) is 16.7. The van der Waals surface area contributed by atoms with Crippen molar-refractivity contribution in [2.45, 2.75) is 44.4 Å². The molecule has 1 N–H and O–H groups in total. The standard InChI is InChI=1S/C28H26FN5/c1-17(27-33-25-9-7-20(15-26(25)34-27)28-31-12-2-13-32-28)18-3-5-19(6-4-18)22-11-14-30-24-10-8-21(29)16-23(22)24/h2,7-19H,3-6H2,1H3,(H,33,34)/t17-,18?,19?/m1/s1. The summed E-state index contributed by atoms with van der Waals surface area (Å²) in [5, 5.41) is 0.953. The maximum Gasteiger partial charge on any atom is 0.159 e. The Bertz CT molecular complexity index is 1450. The predicted molar refractivity (Wildman–Crippen MR) is 132 cm³/mol. The average Bonchev–Trinajstić information content (AvgIpc) is 3.32. The molecule has 3 heterocycles. The van der Waals surface area contributed by atoms with Crippen molar-refractivity contribution < 1.29 is 4.39 Å². The van der Waals surface area contributed by atoms with Gasteiger partial charge in [-0.3, -0.25) is 4.98 Å². The molecule has 5 aromatic rings. The lowest BCUT2D eigenvalue weighted by atomic mass is 9.73. The molecule has 6 rings (SSSR count). The number of imidazole rings is 1. The zero-order valence-corrected chi connectivity index (χ0v) is 19.1. The van der Waals surface area contributed by atoms with Crippen molar-refractivity contribution in [3.63, 3.8) is 0 Å². The van der Waals surface area contributed by atoms with Crippen LogP contribution < -0.4 is 0 Å². The molecule has 0 amide bonds. The van der Waals surface area contributed by atoms with Gasteiger partial charge < -0.3 is 4.98 Å². The number of hydrogen-bond donors (Lipinski definition) is 1. The fraction of sp³-hybridized carbons (Fsp3) is 0.286. The van der Waals surface area contributed by atoms with Crippen LogP contribution in [0.3, 0.4) is 0 Å². The molecular weight excluding hydrogens is 425 g/mol. The highest BCUT2D eigenvalue weighted by atomic mass is 19.1. The van der Waals surface area contributed by atoms with Crippen LogP contribution in [0.4, 0.5) is 4.39 Å². The highest BCUT2D eigenvalue weighted by Crippen LogP contribution is 2.43.